The Morgan fingerprint density at radius 2 is 1.73 bits per heavy atom. The summed E-state index contributed by atoms with van der Waals surface area (Å²) in [6.45, 7) is 0. The molecule has 0 bridgehead atoms. The minimum atomic E-state index is 0.684. The Balaban J connectivity index is 1.58. The molecule has 0 radical (unpaired) electrons. The number of hydrogen-bond acceptors (Lipinski definition) is 3. The molecule has 126 valence electrons. The van der Waals surface area contributed by atoms with Crippen molar-refractivity contribution in [1.29, 1.82) is 0 Å². The Morgan fingerprint density at radius 3 is 2.62 bits per heavy atom. The molecular formula is C22H15ClN2O. The molecule has 0 unspecified atom stereocenters. The van der Waals surface area contributed by atoms with Crippen molar-refractivity contribution < 1.29 is 4.74 Å². The first-order valence-corrected chi connectivity index (χ1v) is 8.56. The average molecular weight is 359 g/mol. The van der Waals surface area contributed by atoms with Crippen LogP contribution < -0.4 is 4.74 Å². The minimum Gasteiger partial charge on any atom is -0.457 e. The smallest absolute Gasteiger partial charge is 0.128 e. The summed E-state index contributed by atoms with van der Waals surface area (Å²) in [4.78, 5) is 8.79. The quantitative estimate of drug-likeness (QED) is 0.394. The van der Waals surface area contributed by atoms with E-state index in [-0.39, 0.29) is 0 Å². The monoisotopic (exact) mass is 358 g/mol. The van der Waals surface area contributed by atoms with Crippen molar-refractivity contribution in [2.45, 2.75) is 0 Å². The predicted molar refractivity (Wildman–Crippen MR) is 107 cm³/mol. The maximum atomic E-state index is 5.90. The van der Waals surface area contributed by atoms with Gasteiger partial charge in [0.25, 0.3) is 0 Å². The van der Waals surface area contributed by atoms with Gasteiger partial charge in [-0.05, 0) is 54.1 Å². The molecule has 3 aromatic carbocycles. The Hall–Kier alpha value is -3.17. The Kier molecular flexibility index (Phi) is 4.63. The zero-order valence-electron chi connectivity index (χ0n) is 13.8. The first kappa shape index (κ1) is 16.3. The van der Waals surface area contributed by atoms with E-state index in [9.17, 15) is 0 Å². The van der Waals surface area contributed by atoms with E-state index in [1.807, 2.05) is 73.1 Å². The number of benzene rings is 3. The third kappa shape index (κ3) is 3.73. The van der Waals surface area contributed by atoms with Crippen molar-refractivity contribution >= 4 is 34.3 Å². The number of hydrogen-bond donors (Lipinski definition) is 0. The van der Waals surface area contributed by atoms with E-state index in [0.717, 1.165) is 33.5 Å². The molecule has 1 heterocycles. The number of ether oxygens (including phenoxy) is 1. The van der Waals surface area contributed by atoms with Gasteiger partial charge in [-0.3, -0.25) is 9.98 Å². The number of aromatic nitrogens is 1. The van der Waals surface area contributed by atoms with Crippen LogP contribution in [-0.2, 0) is 0 Å². The molecule has 0 spiro atoms. The number of aliphatic imine (C=N–C) groups is 1. The van der Waals surface area contributed by atoms with Gasteiger partial charge in [-0.2, -0.15) is 0 Å². The third-order valence-corrected chi connectivity index (χ3v) is 4.17. The van der Waals surface area contributed by atoms with E-state index < -0.39 is 0 Å². The van der Waals surface area contributed by atoms with Crippen LogP contribution in [0.3, 0.4) is 0 Å². The van der Waals surface area contributed by atoms with Crippen molar-refractivity contribution in [3.8, 4) is 11.5 Å². The molecule has 0 N–H and O–H groups in total. The first-order chi connectivity index (χ1) is 12.8. The summed E-state index contributed by atoms with van der Waals surface area (Å²) in [5, 5.41) is 2.83. The number of rotatable bonds is 4. The standard InChI is InChI=1S/C22H15ClN2O/c23-18-7-9-19(10-8-18)26-20-5-1-3-16(13-20)14-25-22-6-2-4-17-15-24-12-11-21(17)22/h1-15H. The molecule has 0 fully saturated rings. The van der Waals surface area contributed by atoms with Crippen LogP contribution in [-0.4, -0.2) is 11.2 Å². The van der Waals surface area contributed by atoms with E-state index in [0.29, 0.717) is 5.02 Å². The topological polar surface area (TPSA) is 34.5 Å². The summed E-state index contributed by atoms with van der Waals surface area (Å²) in [5.41, 5.74) is 1.87. The molecule has 3 nitrogen and oxygen atoms in total. The second-order valence-electron chi connectivity index (χ2n) is 5.76. The van der Waals surface area contributed by atoms with Gasteiger partial charge >= 0.3 is 0 Å². The van der Waals surface area contributed by atoms with Crippen LogP contribution in [0.2, 0.25) is 5.02 Å². The Bertz CT molecular complexity index is 1070. The molecule has 4 rings (SSSR count). The maximum Gasteiger partial charge on any atom is 0.128 e. The Morgan fingerprint density at radius 1 is 0.885 bits per heavy atom. The van der Waals surface area contributed by atoms with Gasteiger partial charge in [0, 0.05) is 34.4 Å². The summed E-state index contributed by atoms with van der Waals surface area (Å²) in [6.07, 6.45) is 5.46. The van der Waals surface area contributed by atoms with Gasteiger partial charge in [-0.15, -0.1) is 0 Å². The van der Waals surface area contributed by atoms with E-state index in [1.165, 1.54) is 0 Å². The predicted octanol–water partition coefficient (Wildman–Crippen LogP) is 6.43. The van der Waals surface area contributed by atoms with Crippen LogP contribution in [0.4, 0.5) is 5.69 Å². The molecule has 0 atom stereocenters. The van der Waals surface area contributed by atoms with Crippen LogP contribution in [0.5, 0.6) is 11.5 Å². The van der Waals surface area contributed by atoms with Crippen molar-refractivity contribution in [3.63, 3.8) is 0 Å². The fraction of sp³-hybridized carbons (Fsp3) is 0. The molecule has 1 aromatic heterocycles. The van der Waals surface area contributed by atoms with Crippen LogP contribution >= 0.6 is 11.6 Å². The van der Waals surface area contributed by atoms with E-state index >= 15 is 0 Å². The van der Waals surface area contributed by atoms with E-state index in [4.69, 9.17) is 16.3 Å². The lowest BCUT2D eigenvalue weighted by atomic mass is 10.1. The van der Waals surface area contributed by atoms with Crippen LogP contribution in [0.25, 0.3) is 10.8 Å². The van der Waals surface area contributed by atoms with Gasteiger partial charge in [0.2, 0.25) is 0 Å². The molecule has 26 heavy (non-hydrogen) atoms. The lowest BCUT2D eigenvalue weighted by Gasteiger charge is -2.06. The summed E-state index contributed by atoms with van der Waals surface area (Å²) in [5.74, 6) is 1.49. The minimum absolute atomic E-state index is 0.684. The van der Waals surface area contributed by atoms with E-state index in [1.54, 1.807) is 18.3 Å². The van der Waals surface area contributed by atoms with Gasteiger partial charge in [0.1, 0.15) is 11.5 Å². The van der Waals surface area contributed by atoms with Gasteiger partial charge in [-0.25, -0.2) is 0 Å². The molecule has 0 saturated heterocycles. The van der Waals surface area contributed by atoms with Gasteiger partial charge in [0.15, 0.2) is 0 Å². The lowest BCUT2D eigenvalue weighted by molar-refractivity contribution is 0.482. The van der Waals surface area contributed by atoms with Crippen molar-refractivity contribution in [1.82, 2.24) is 4.98 Å². The molecule has 0 aliphatic heterocycles. The van der Waals surface area contributed by atoms with E-state index in [2.05, 4.69) is 9.98 Å². The molecule has 0 saturated carbocycles. The molecule has 4 heteroatoms. The highest BCUT2D eigenvalue weighted by Gasteiger charge is 2.00. The summed E-state index contributed by atoms with van der Waals surface area (Å²) >= 11 is 5.90. The SMILES string of the molecule is Clc1ccc(Oc2cccc(C=Nc3cccc4cnccc34)c2)cc1. The fourth-order valence-electron chi connectivity index (χ4n) is 2.66. The van der Waals surface area contributed by atoms with Gasteiger partial charge in [0.05, 0.1) is 5.69 Å². The first-order valence-electron chi connectivity index (χ1n) is 8.18. The Labute approximate surface area is 156 Å². The molecule has 4 aromatic rings. The molecule has 0 aliphatic rings. The van der Waals surface area contributed by atoms with Gasteiger partial charge in [-0.1, -0.05) is 35.9 Å². The number of pyridine rings is 1. The van der Waals surface area contributed by atoms with Crippen molar-refractivity contribution in [2.75, 3.05) is 0 Å². The number of fused-ring (bicyclic) bond motifs is 1. The zero-order valence-corrected chi connectivity index (χ0v) is 14.6. The normalized spacial score (nSPS) is 11.1. The van der Waals surface area contributed by atoms with Crippen molar-refractivity contribution in [3.05, 3.63) is 95.8 Å². The summed E-state index contributed by atoms with van der Waals surface area (Å²) in [7, 11) is 0. The number of halogens is 1. The second-order valence-corrected chi connectivity index (χ2v) is 6.20. The van der Waals surface area contributed by atoms with Gasteiger partial charge < -0.3 is 4.74 Å². The molecular weight excluding hydrogens is 344 g/mol. The second kappa shape index (κ2) is 7.38. The maximum absolute atomic E-state index is 5.90. The van der Waals surface area contributed by atoms with Crippen molar-refractivity contribution in [2.24, 2.45) is 4.99 Å². The highest BCUT2D eigenvalue weighted by atomic mass is 35.5. The fourth-order valence-corrected chi connectivity index (χ4v) is 2.79. The van der Waals surface area contributed by atoms with Crippen LogP contribution in [0.15, 0.2) is 90.2 Å². The number of nitrogens with zero attached hydrogens (tertiary/aromatic N) is 2. The average Bonchev–Trinajstić information content (AvgIpc) is 2.68. The zero-order chi connectivity index (χ0) is 17.8. The lowest BCUT2D eigenvalue weighted by Crippen LogP contribution is -1.86. The largest absolute Gasteiger partial charge is 0.457 e. The van der Waals surface area contributed by atoms with Crippen LogP contribution in [0, 0.1) is 0 Å². The summed E-state index contributed by atoms with van der Waals surface area (Å²) in [6, 6.07) is 23.1. The molecule has 0 amide bonds. The van der Waals surface area contributed by atoms with Crippen LogP contribution in [0.1, 0.15) is 5.56 Å². The highest BCUT2D eigenvalue weighted by molar-refractivity contribution is 6.30. The molecule has 0 aliphatic carbocycles. The third-order valence-electron chi connectivity index (χ3n) is 3.92. The summed E-state index contributed by atoms with van der Waals surface area (Å²) < 4.78 is 5.87. The highest BCUT2D eigenvalue weighted by Crippen LogP contribution is 2.26.